The highest BCUT2D eigenvalue weighted by Gasteiger charge is 2.43. The molecule has 98 valence electrons. The second kappa shape index (κ2) is 5.25. The predicted molar refractivity (Wildman–Crippen MR) is 66.1 cm³/mol. The topological polar surface area (TPSA) is 22.9 Å². The molecule has 1 spiro atoms. The Morgan fingerprint density at radius 2 is 1.65 bits per heavy atom. The van der Waals surface area contributed by atoms with Crippen LogP contribution in [0, 0.1) is 0 Å². The van der Waals surface area contributed by atoms with Crippen molar-refractivity contribution < 1.29 is 14.4 Å². The Kier molecular flexibility index (Phi) is 3.69. The predicted octanol–water partition coefficient (Wildman–Crippen LogP) is 1.13. The van der Waals surface area contributed by atoms with Gasteiger partial charge in [0, 0.05) is 12.8 Å². The first kappa shape index (κ1) is 11.9. The molecule has 3 fully saturated rings. The average molecular weight is 240 g/mol. The summed E-state index contributed by atoms with van der Waals surface area (Å²) in [5.74, 6) is -0.169. The molecular formula is C14H26NO2+. The molecule has 1 N–H and O–H groups in total. The second-order valence-electron chi connectivity index (χ2n) is 6.04. The molecule has 17 heavy (non-hydrogen) atoms. The van der Waals surface area contributed by atoms with Crippen molar-refractivity contribution in [1.82, 2.24) is 0 Å². The second-order valence-corrected chi connectivity index (χ2v) is 6.04. The highest BCUT2D eigenvalue weighted by Crippen LogP contribution is 2.37. The van der Waals surface area contributed by atoms with Crippen molar-refractivity contribution >= 4 is 0 Å². The molecule has 0 aromatic carbocycles. The van der Waals surface area contributed by atoms with Crippen molar-refractivity contribution in [2.24, 2.45) is 0 Å². The molecule has 3 nitrogen and oxygen atoms in total. The number of quaternary nitrogens is 1. The highest BCUT2D eigenvalue weighted by molar-refractivity contribution is 4.82. The minimum atomic E-state index is -0.169. The molecular weight excluding hydrogens is 214 g/mol. The van der Waals surface area contributed by atoms with E-state index in [0.717, 1.165) is 19.4 Å². The first-order chi connectivity index (χ1) is 8.36. The maximum absolute atomic E-state index is 6.25. The molecule has 0 amide bonds. The standard InChI is InChI=1S/C14H25NO2/c1-3-7-14(8-4-1)16-12-13(17-14)11-15-9-5-2-6-10-15/h13H,1-12H2/p+1/t13-/m0/s1. The Morgan fingerprint density at radius 1 is 0.941 bits per heavy atom. The van der Waals surface area contributed by atoms with Gasteiger partial charge < -0.3 is 14.4 Å². The van der Waals surface area contributed by atoms with Crippen molar-refractivity contribution in [1.29, 1.82) is 0 Å². The number of rotatable bonds is 2. The van der Waals surface area contributed by atoms with E-state index in [-0.39, 0.29) is 5.79 Å². The fourth-order valence-electron chi connectivity index (χ4n) is 3.65. The number of hydrogen-bond donors (Lipinski definition) is 1. The fraction of sp³-hybridized carbons (Fsp3) is 1.00. The van der Waals surface area contributed by atoms with Crippen LogP contribution in [0.2, 0.25) is 0 Å². The van der Waals surface area contributed by atoms with Gasteiger partial charge in [0.15, 0.2) is 5.79 Å². The first-order valence-electron chi connectivity index (χ1n) is 7.52. The number of nitrogens with one attached hydrogen (secondary N) is 1. The quantitative estimate of drug-likeness (QED) is 0.782. The lowest BCUT2D eigenvalue weighted by atomic mass is 9.94. The van der Waals surface area contributed by atoms with E-state index in [1.165, 1.54) is 58.2 Å². The summed E-state index contributed by atoms with van der Waals surface area (Å²) in [5.41, 5.74) is 0. The Labute approximate surface area is 104 Å². The summed E-state index contributed by atoms with van der Waals surface area (Å²) in [4.78, 5) is 1.73. The van der Waals surface area contributed by atoms with Gasteiger partial charge in [0.05, 0.1) is 19.7 Å². The van der Waals surface area contributed by atoms with Crippen LogP contribution >= 0.6 is 0 Å². The molecule has 0 bridgehead atoms. The summed E-state index contributed by atoms with van der Waals surface area (Å²) >= 11 is 0. The SMILES string of the molecule is C1CC[NH+](C[C@H]2COC3(CCCCC3)O2)CC1. The van der Waals surface area contributed by atoms with Crippen LogP contribution in [0.4, 0.5) is 0 Å². The smallest absolute Gasteiger partial charge is 0.169 e. The molecule has 3 rings (SSSR count). The third-order valence-corrected chi connectivity index (χ3v) is 4.61. The maximum atomic E-state index is 6.25. The summed E-state index contributed by atoms with van der Waals surface area (Å²) in [7, 11) is 0. The largest absolute Gasteiger partial charge is 0.347 e. The van der Waals surface area contributed by atoms with Crippen LogP contribution in [0.25, 0.3) is 0 Å². The van der Waals surface area contributed by atoms with Gasteiger partial charge in [-0.25, -0.2) is 0 Å². The van der Waals surface area contributed by atoms with E-state index in [4.69, 9.17) is 9.47 Å². The zero-order valence-electron chi connectivity index (χ0n) is 10.9. The fourth-order valence-corrected chi connectivity index (χ4v) is 3.65. The monoisotopic (exact) mass is 240 g/mol. The zero-order valence-corrected chi connectivity index (χ0v) is 10.9. The molecule has 0 unspecified atom stereocenters. The summed E-state index contributed by atoms with van der Waals surface area (Å²) < 4.78 is 12.2. The van der Waals surface area contributed by atoms with Crippen LogP contribution in [0.1, 0.15) is 51.4 Å². The molecule has 3 aliphatic rings. The molecule has 1 atom stereocenters. The van der Waals surface area contributed by atoms with Gasteiger partial charge in [0.1, 0.15) is 12.6 Å². The first-order valence-corrected chi connectivity index (χ1v) is 7.52. The van der Waals surface area contributed by atoms with E-state index >= 15 is 0 Å². The maximum Gasteiger partial charge on any atom is 0.169 e. The van der Waals surface area contributed by atoms with Gasteiger partial charge in [0.2, 0.25) is 0 Å². The molecule has 2 saturated heterocycles. The molecule has 1 aliphatic carbocycles. The molecule has 2 heterocycles. The summed E-state index contributed by atoms with van der Waals surface area (Å²) in [6.07, 6.45) is 10.7. The zero-order chi connectivity index (χ0) is 11.6. The third-order valence-electron chi connectivity index (χ3n) is 4.61. The van der Waals surface area contributed by atoms with E-state index < -0.39 is 0 Å². The van der Waals surface area contributed by atoms with E-state index in [1.54, 1.807) is 4.90 Å². The average Bonchev–Trinajstić information content (AvgIpc) is 2.74. The van der Waals surface area contributed by atoms with Crippen molar-refractivity contribution in [3.8, 4) is 0 Å². The highest BCUT2D eigenvalue weighted by atomic mass is 16.7. The van der Waals surface area contributed by atoms with Gasteiger partial charge >= 0.3 is 0 Å². The number of ether oxygens (including phenoxy) is 2. The van der Waals surface area contributed by atoms with E-state index in [0.29, 0.717) is 6.10 Å². The Balaban J connectivity index is 1.49. The normalized spacial score (nSPS) is 34.2. The summed E-state index contributed by atoms with van der Waals surface area (Å²) in [6.45, 7) is 4.69. The van der Waals surface area contributed by atoms with Crippen LogP contribution in [0.15, 0.2) is 0 Å². The molecule has 2 aliphatic heterocycles. The molecule has 3 heteroatoms. The molecule has 0 aromatic heterocycles. The Hall–Kier alpha value is -0.120. The van der Waals surface area contributed by atoms with Crippen molar-refractivity contribution in [3.05, 3.63) is 0 Å². The molecule has 1 saturated carbocycles. The van der Waals surface area contributed by atoms with Crippen LogP contribution < -0.4 is 4.90 Å². The van der Waals surface area contributed by atoms with Gasteiger partial charge in [-0.2, -0.15) is 0 Å². The van der Waals surface area contributed by atoms with Gasteiger partial charge in [-0.05, 0) is 32.1 Å². The number of piperidine rings is 1. The van der Waals surface area contributed by atoms with Crippen molar-refractivity contribution in [2.75, 3.05) is 26.2 Å². The molecule has 0 aromatic rings. The van der Waals surface area contributed by atoms with Gasteiger partial charge in [-0.15, -0.1) is 0 Å². The minimum Gasteiger partial charge on any atom is -0.347 e. The lowest BCUT2D eigenvalue weighted by molar-refractivity contribution is -0.907. The van der Waals surface area contributed by atoms with Crippen LogP contribution in [-0.2, 0) is 9.47 Å². The summed E-state index contributed by atoms with van der Waals surface area (Å²) in [5, 5.41) is 0. The minimum absolute atomic E-state index is 0.169. The van der Waals surface area contributed by atoms with E-state index in [9.17, 15) is 0 Å². The van der Waals surface area contributed by atoms with Gasteiger partial charge in [0.25, 0.3) is 0 Å². The lowest BCUT2D eigenvalue weighted by Gasteiger charge is -2.32. The lowest BCUT2D eigenvalue weighted by Crippen LogP contribution is -3.13. The van der Waals surface area contributed by atoms with Crippen LogP contribution in [0.3, 0.4) is 0 Å². The van der Waals surface area contributed by atoms with Gasteiger partial charge in [-0.1, -0.05) is 6.42 Å². The molecule has 0 radical (unpaired) electrons. The third kappa shape index (κ3) is 2.83. The van der Waals surface area contributed by atoms with Crippen LogP contribution in [0.5, 0.6) is 0 Å². The summed E-state index contributed by atoms with van der Waals surface area (Å²) in [6, 6.07) is 0. The van der Waals surface area contributed by atoms with Crippen molar-refractivity contribution in [3.63, 3.8) is 0 Å². The number of likely N-dealkylation sites (tertiary alicyclic amines) is 1. The Morgan fingerprint density at radius 3 is 2.41 bits per heavy atom. The van der Waals surface area contributed by atoms with E-state index in [1.807, 2.05) is 0 Å². The Bertz CT molecular complexity index is 245. The van der Waals surface area contributed by atoms with E-state index in [2.05, 4.69) is 0 Å². The van der Waals surface area contributed by atoms with Gasteiger partial charge in [-0.3, -0.25) is 0 Å². The number of hydrogen-bond acceptors (Lipinski definition) is 2. The van der Waals surface area contributed by atoms with Crippen LogP contribution in [-0.4, -0.2) is 38.1 Å². The van der Waals surface area contributed by atoms with Crippen molar-refractivity contribution in [2.45, 2.75) is 63.3 Å².